The molecule has 1 saturated heterocycles. The maximum Gasteiger partial charge on any atom is 0.411 e. The van der Waals surface area contributed by atoms with Crippen molar-refractivity contribution in [3.05, 3.63) is 87.9 Å². The fourth-order valence-electron chi connectivity index (χ4n) is 3.90. The van der Waals surface area contributed by atoms with Crippen LogP contribution in [0.5, 0.6) is 0 Å². The normalized spacial score (nSPS) is 19.6. The largest absolute Gasteiger partial charge is 0.438 e. The van der Waals surface area contributed by atoms with E-state index in [0.717, 1.165) is 12.8 Å². The molecule has 2 atom stereocenters. The van der Waals surface area contributed by atoms with Crippen molar-refractivity contribution in [2.75, 3.05) is 5.32 Å². The average molecular weight is 480 g/mol. The maximum atomic E-state index is 13.3. The first-order valence-corrected chi connectivity index (χ1v) is 11.8. The summed E-state index contributed by atoms with van der Waals surface area (Å²) < 4.78 is 19.0. The third-order valence-corrected chi connectivity index (χ3v) is 6.63. The molecule has 0 radical (unpaired) electrons. The summed E-state index contributed by atoms with van der Waals surface area (Å²) in [5, 5.41) is 7.63. The zero-order chi connectivity index (χ0) is 23.7. The van der Waals surface area contributed by atoms with Gasteiger partial charge >= 0.3 is 6.09 Å². The molecule has 2 N–H and O–H groups in total. The van der Waals surface area contributed by atoms with E-state index in [1.807, 2.05) is 5.38 Å². The van der Waals surface area contributed by atoms with E-state index < -0.39 is 18.2 Å². The fourth-order valence-corrected chi connectivity index (χ4v) is 4.52. The quantitative estimate of drug-likeness (QED) is 0.523. The summed E-state index contributed by atoms with van der Waals surface area (Å²) in [6.07, 6.45) is 0.323. The maximum absolute atomic E-state index is 13.3. The molecule has 3 aromatic rings. The van der Waals surface area contributed by atoms with Gasteiger partial charge in [0.2, 0.25) is 5.91 Å². The van der Waals surface area contributed by atoms with Crippen LogP contribution in [0, 0.1) is 5.82 Å². The second kappa shape index (κ2) is 9.26. The SMILES string of the molecule is O=C(Nc1cccc([C@@H]2OC(=O)N(Cc3ccc(F)cc3)[C@@H]2C(=O)NC2CC2)c1)c1cccs1. The minimum Gasteiger partial charge on any atom is -0.438 e. The second-order valence-electron chi connectivity index (χ2n) is 8.34. The van der Waals surface area contributed by atoms with Crippen LogP contribution < -0.4 is 10.6 Å². The number of anilines is 1. The van der Waals surface area contributed by atoms with Crippen LogP contribution >= 0.6 is 11.3 Å². The highest BCUT2D eigenvalue weighted by Crippen LogP contribution is 2.35. The topological polar surface area (TPSA) is 87.7 Å². The molecular formula is C25H22FN3O4S. The molecule has 174 valence electrons. The molecule has 0 spiro atoms. The summed E-state index contributed by atoms with van der Waals surface area (Å²) in [6, 6.07) is 15.5. The van der Waals surface area contributed by atoms with Gasteiger partial charge in [0.05, 0.1) is 11.4 Å². The van der Waals surface area contributed by atoms with Gasteiger partial charge in [-0.1, -0.05) is 30.3 Å². The van der Waals surface area contributed by atoms with Crippen molar-refractivity contribution in [1.82, 2.24) is 10.2 Å². The second-order valence-corrected chi connectivity index (χ2v) is 9.29. The number of hydrogen-bond acceptors (Lipinski definition) is 5. The number of rotatable bonds is 7. The summed E-state index contributed by atoms with van der Waals surface area (Å²) in [5.41, 5.74) is 1.81. The number of halogens is 1. The minimum atomic E-state index is -0.901. The van der Waals surface area contributed by atoms with E-state index in [0.29, 0.717) is 21.7 Å². The number of benzene rings is 2. The summed E-state index contributed by atoms with van der Waals surface area (Å²) in [5.74, 6) is -0.917. The number of cyclic esters (lactones) is 1. The smallest absolute Gasteiger partial charge is 0.411 e. The Morgan fingerprint density at radius 3 is 2.59 bits per heavy atom. The lowest BCUT2D eigenvalue weighted by Gasteiger charge is -2.24. The Labute approximate surface area is 199 Å². The zero-order valence-corrected chi connectivity index (χ0v) is 18.9. The molecule has 2 aliphatic rings. The zero-order valence-electron chi connectivity index (χ0n) is 18.1. The van der Waals surface area contributed by atoms with Crippen molar-refractivity contribution in [1.29, 1.82) is 0 Å². The van der Waals surface area contributed by atoms with Crippen molar-refractivity contribution in [3.63, 3.8) is 0 Å². The van der Waals surface area contributed by atoms with E-state index >= 15 is 0 Å². The van der Waals surface area contributed by atoms with E-state index in [1.54, 1.807) is 48.5 Å². The van der Waals surface area contributed by atoms with Gasteiger partial charge in [-0.05, 0) is 59.7 Å². The lowest BCUT2D eigenvalue weighted by atomic mass is 10.00. The highest BCUT2D eigenvalue weighted by molar-refractivity contribution is 7.12. The van der Waals surface area contributed by atoms with Crippen LogP contribution in [0.1, 0.15) is 39.7 Å². The first-order chi connectivity index (χ1) is 16.5. The number of hydrogen-bond donors (Lipinski definition) is 2. The van der Waals surface area contributed by atoms with Gasteiger partial charge in [-0.15, -0.1) is 11.3 Å². The predicted octanol–water partition coefficient (Wildman–Crippen LogP) is 4.48. The van der Waals surface area contributed by atoms with Gasteiger partial charge in [0, 0.05) is 11.7 Å². The van der Waals surface area contributed by atoms with Crippen molar-refractivity contribution in [2.24, 2.45) is 0 Å². The number of carbonyl (C=O) groups excluding carboxylic acids is 3. The first kappa shape index (κ1) is 22.1. The summed E-state index contributed by atoms with van der Waals surface area (Å²) >= 11 is 1.33. The molecule has 2 aromatic carbocycles. The Balaban J connectivity index is 1.41. The summed E-state index contributed by atoms with van der Waals surface area (Å²) in [4.78, 5) is 40.4. The minimum absolute atomic E-state index is 0.104. The molecule has 1 saturated carbocycles. The number of amides is 3. The monoisotopic (exact) mass is 479 g/mol. The molecule has 9 heteroatoms. The van der Waals surface area contributed by atoms with Gasteiger partial charge in [0.15, 0.2) is 12.1 Å². The molecule has 5 rings (SSSR count). The summed E-state index contributed by atoms with van der Waals surface area (Å²) in [7, 11) is 0. The van der Waals surface area contributed by atoms with E-state index in [9.17, 15) is 18.8 Å². The Bertz CT molecular complexity index is 1210. The third kappa shape index (κ3) is 4.79. The third-order valence-electron chi connectivity index (χ3n) is 5.76. The van der Waals surface area contributed by atoms with Crippen LogP contribution in [0.25, 0.3) is 0 Å². The molecule has 7 nitrogen and oxygen atoms in total. The number of nitrogens with one attached hydrogen (secondary N) is 2. The highest BCUT2D eigenvalue weighted by atomic mass is 32.1. The standard InChI is InChI=1S/C25H22FN3O4S/c26-17-8-6-15(7-9-17)14-29-21(24(31)27-18-10-11-18)22(33-25(29)32)16-3-1-4-19(13-16)28-23(30)20-5-2-12-34-20/h1-9,12-13,18,21-22H,10-11,14H2,(H,27,31)(H,28,30)/t21-,22-/m0/s1. The molecule has 1 aromatic heterocycles. The van der Waals surface area contributed by atoms with E-state index in [1.165, 1.54) is 28.4 Å². The van der Waals surface area contributed by atoms with Crippen molar-refractivity contribution >= 4 is 34.9 Å². The Morgan fingerprint density at radius 1 is 1.09 bits per heavy atom. The van der Waals surface area contributed by atoms with E-state index in [4.69, 9.17) is 4.74 Å². The Hall–Kier alpha value is -3.72. The van der Waals surface area contributed by atoms with E-state index in [-0.39, 0.29) is 30.2 Å². The molecule has 0 unspecified atom stereocenters. The van der Waals surface area contributed by atoms with Gasteiger partial charge in [0.1, 0.15) is 5.82 Å². The van der Waals surface area contributed by atoms with Gasteiger partial charge in [-0.2, -0.15) is 0 Å². The first-order valence-electron chi connectivity index (χ1n) is 10.9. The van der Waals surface area contributed by atoms with Gasteiger partial charge < -0.3 is 15.4 Å². The van der Waals surface area contributed by atoms with Crippen LogP contribution in [0.2, 0.25) is 0 Å². The molecular weight excluding hydrogens is 457 g/mol. The molecule has 0 bridgehead atoms. The van der Waals surface area contributed by atoms with E-state index in [2.05, 4.69) is 10.6 Å². The van der Waals surface area contributed by atoms with Crippen LogP contribution in [0.15, 0.2) is 66.0 Å². The van der Waals surface area contributed by atoms with Gasteiger partial charge in [-0.3, -0.25) is 14.5 Å². The number of ether oxygens (including phenoxy) is 1. The number of carbonyl (C=O) groups is 3. The van der Waals surface area contributed by atoms with Crippen molar-refractivity contribution in [2.45, 2.75) is 37.6 Å². The molecule has 2 fully saturated rings. The van der Waals surface area contributed by atoms with Crippen LogP contribution in [-0.4, -0.2) is 34.9 Å². The lowest BCUT2D eigenvalue weighted by Crippen LogP contribution is -2.46. The summed E-state index contributed by atoms with van der Waals surface area (Å²) in [6.45, 7) is 0.104. The molecule has 34 heavy (non-hydrogen) atoms. The Morgan fingerprint density at radius 2 is 1.88 bits per heavy atom. The number of thiophene rings is 1. The molecule has 1 aliphatic carbocycles. The molecule has 1 aliphatic heterocycles. The van der Waals surface area contributed by atoms with Gasteiger partial charge in [0.25, 0.3) is 5.91 Å². The Kier molecular flexibility index (Phi) is 6.02. The average Bonchev–Trinajstić information content (AvgIpc) is 3.34. The molecule has 3 amide bonds. The highest BCUT2D eigenvalue weighted by Gasteiger charge is 2.48. The number of nitrogens with zero attached hydrogens (tertiary/aromatic N) is 1. The van der Waals surface area contributed by atoms with Crippen molar-refractivity contribution < 1.29 is 23.5 Å². The lowest BCUT2D eigenvalue weighted by molar-refractivity contribution is -0.126. The fraction of sp³-hybridized carbons (Fsp3) is 0.240. The van der Waals surface area contributed by atoms with Crippen molar-refractivity contribution in [3.8, 4) is 0 Å². The van der Waals surface area contributed by atoms with Crippen LogP contribution in [-0.2, 0) is 16.1 Å². The van der Waals surface area contributed by atoms with Gasteiger partial charge in [-0.25, -0.2) is 9.18 Å². The van der Waals surface area contributed by atoms with Crippen LogP contribution in [0.3, 0.4) is 0 Å². The molecule has 2 heterocycles. The van der Waals surface area contributed by atoms with Crippen LogP contribution in [0.4, 0.5) is 14.9 Å². The predicted molar refractivity (Wildman–Crippen MR) is 125 cm³/mol.